The molecule has 0 spiro atoms. The predicted molar refractivity (Wildman–Crippen MR) is 86.5 cm³/mol. The number of nitrogens with zero attached hydrogens (tertiary/aromatic N) is 1. The highest BCUT2D eigenvalue weighted by atomic mass is 16.2. The number of carbonyl (C=O) groups is 1. The summed E-state index contributed by atoms with van der Waals surface area (Å²) in [5, 5.41) is 0. The second-order valence-corrected chi connectivity index (χ2v) is 6.51. The number of fused-ring (bicyclic) bond motifs is 1. The van der Waals surface area contributed by atoms with E-state index in [0.717, 1.165) is 25.9 Å². The van der Waals surface area contributed by atoms with Crippen molar-refractivity contribution in [3.8, 4) is 0 Å². The van der Waals surface area contributed by atoms with Gasteiger partial charge in [-0.05, 0) is 35.4 Å². The van der Waals surface area contributed by atoms with Gasteiger partial charge >= 0.3 is 0 Å². The van der Waals surface area contributed by atoms with Crippen LogP contribution >= 0.6 is 0 Å². The first-order chi connectivity index (χ1) is 9.97. The van der Waals surface area contributed by atoms with Gasteiger partial charge in [-0.1, -0.05) is 45.9 Å². The van der Waals surface area contributed by atoms with E-state index in [1.807, 2.05) is 4.90 Å². The summed E-state index contributed by atoms with van der Waals surface area (Å²) in [6.45, 7) is 9.96. The van der Waals surface area contributed by atoms with Crippen LogP contribution in [-0.2, 0) is 17.9 Å². The Balaban J connectivity index is 2.14. The Morgan fingerprint density at radius 2 is 1.81 bits per heavy atom. The van der Waals surface area contributed by atoms with E-state index in [-0.39, 0.29) is 12.0 Å². The summed E-state index contributed by atoms with van der Waals surface area (Å²) in [5.74, 6) is 0.884. The molecular formula is C18H28N2O. The minimum Gasteiger partial charge on any atom is -0.334 e. The molecule has 1 amide bonds. The molecule has 0 radical (unpaired) electrons. The van der Waals surface area contributed by atoms with E-state index < -0.39 is 0 Å². The van der Waals surface area contributed by atoms with E-state index in [1.165, 1.54) is 16.7 Å². The Labute approximate surface area is 128 Å². The molecule has 2 rings (SSSR count). The van der Waals surface area contributed by atoms with E-state index >= 15 is 0 Å². The molecule has 1 atom stereocenters. The third kappa shape index (κ3) is 3.29. The average molecular weight is 288 g/mol. The van der Waals surface area contributed by atoms with Gasteiger partial charge in [0.05, 0.1) is 0 Å². The molecule has 1 aromatic rings. The second-order valence-electron chi connectivity index (χ2n) is 6.51. The van der Waals surface area contributed by atoms with Crippen LogP contribution in [0, 0.1) is 11.8 Å². The summed E-state index contributed by atoms with van der Waals surface area (Å²) < 4.78 is 0. The highest BCUT2D eigenvalue weighted by Gasteiger charge is 2.27. The first-order valence-electron chi connectivity index (χ1n) is 8.13. The minimum atomic E-state index is 0.0686. The zero-order valence-electron chi connectivity index (χ0n) is 13.7. The number of rotatable bonds is 5. The SMILES string of the molecule is CCC(CC)C(=O)N1Cc2ccc(C(N)C(C)C)cc2C1. The Morgan fingerprint density at radius 3 is 2.38 bits per heavy atom. The monoisotopic (exact) mass is 288 g/mol. The third-order valence-electron chi connectivity index (χ3n) is 4.70. The summed E-state index contributed by atoms with van der Waals surface area (Å²) in [7, 11) is 0. The molecule has 1 heterocycles. The predicted octanol–water partition coefficient (Wildman–Crippen LogP) is 3.62. The Kier molecular flexibility index (Phi) is 5.04. The number of hydrogen-bond acceptors (Lipinski definition) is 2. The summed E-state index contributed by atoms with van der Waals surface area (Å²) in [6, 6.07) is 6.53. The Hall–Kier alpha value is -1.35. The lowest BCUT2D eigenvalue weighted by Gasteiger charge is -2.21. The van der Waals surface area contributed by atoms with Gasteiger partial charge in [-0.3, -0.25) is 4.79 Å². The molecule has 1 aromatic carbocycles. The van der Waals surface area contributed by atoms with Crippen LogP contribution in [0.3, 0.4) is 0 Å². The van der Waals surface area contributed by atoms with E-state index in [0.29, 0.717) is 11.8 Å². The molecule has 1 aliphatic heterocycles. The zero-order valence-corrected chi connectivity index (χ0v) is 13.7. The van der Waals surface area contributed by atoms with Crippen molar-refractivity contribution >= 4 is 5.91 Å². The van der Waals surface area contributed by atoms with Crippen LogP contribution in [0.2, 0.25) is 0 Å². The van der Waals surface area contributed by atoms with Crippen LogP contribution in [0.4, 0.5) is 0 Å². The Bertz CT molecular complexity index is 506. The molecular weight excluding hydrogens is 260 g/mol. The van der Waals surface area contributed by atoms with E-state index in [4.69, 9.17) is 5.73 Å². The highest BCUT2D eigenvalue weighted by molar-refractivity contribution is 5.79. The van der Waals surface area contributed by atoms with E-state index in [2.05, 4.69) is 45.9 Å². The third-order valence-corrected chi connectivity index (χ3v) is 4.70. The van der Waals surface area contributed by atoms with Crippen molar-refractivity contribution in [1.82, 2.24) is 4.90 Å². The van der Waals surface area contributed by atoms with Crippen molar-refractivity contribution in [3.63, 3.8) is 0 Å². The molecule has 0 fully saturated rings. The van der Waals surface area contributed by atoms with Gasteiger partial charge in [-0.2, -0.15) is 0 Å². The quantitative estimate of drug-likeness (QED) is 0.899. The summed E-state index contributed by atoms with van der Waals surface area (Å²) in [5.41, 5.74) is 9.96. The number of nitrogens with two attached hydrogens (primary N) is 1. The number of benzene rings is 1. The topological polar surface area (TPSA) is 46.3 Å². The molecule has 0 saturated heterocycles. The van der Waals surface area contributed by atoms with Crippen molar-refractivity contribution in [2.45, 2.75) is 59.7 Å². The average Bonchev–Trinajstić information content (AvgIpc) is 2.90. The van der Waals surface area contributed by atoms with Crippen LogP contribution in [0.5, 0.6) is 0 Å². The molecule has 3 nitrogen and oxygen atoms in total. The van der Waals surface area contributed by atoms with Crippen LogP contribution in [-0.4, -0.2) is 10.8 Å². The van der Waals surface area contributed by atoms with Crippen molar-refractivity contribution in [2.75, 3.05) is 0 Å². The molecule has 0 bridgehead atoms. The number of carbonyl (C=O) groups excluding carboxylic acids is 1. The molecule has 21 heavy (non-hydrogen) atoms. The maximum Gasteiger partial charge on any atom is 0.226 e. The van der Waals surface area contributed by atoms with Gasteiger partial charge in [-0.15, -0.1) is 0 Å². The van der Waals surface area contributed by atoms with Gasteiger partial charge in [0.15, 0.2) is 0 Å². The molecule has 2 N–H and O–H groups in total. The van der Waals surface area contributed by atoms with Gasteiger partial charge in [0.2, 0.25) is 5.91 Å². The maximum atomic E-state index is 12.5. The fourth-order valence-corrected chi connectivity index (χ4v) is 3.06. The van der Waals surface area contributed by atoms with Crippen molar-refractivity contribution < 1.29 is 4.79 Å². The maximum absolute atomic E-state index is 12.5. The Morgan fingerprint density at radius 1 is 1.19 bits per heavy atom. The minimum absolute atomic E-state index is 0.0686. The molecule has 116 valence electrons. The lowest BCUT2D eigenvalue weighted by molar-refractivity contribution is -0.136. The fourth-order valence-electron chi connectivity index (χ4n) is 3.06. The van der Waals surface area contributed by atoms with Crippen LogP contribution < -0.4 is 5.73 Å². The molecule has 3 heteroatoms. The fraction of sp³-hybridized carbons (Fsp3) is 0.611. The molecule has 1 unspecified atom stereocenters. The number of hydrogen-bond donors (Lipinski definition) is 1. The van der Waals surface area contributed by atoms with Crippen LogP contribution in [0.25, 0.3) is 0 Å². The molecule has 0 saturated carbocycles. The summed E-state index contributed by atoms with van der Waals surface area (Å²) in [4.78, 5) is 14.5. The molecule has 1 aliphatic rings. The summed E-state index contributed by atoms with van der Waals surface area (Å²) >= 11 is 0. The van der Waals surface area contributed by atoms with E-state index in [9.17, 15) is 4.79 Å². The van der Waals surface area contributed by atoms with Crippen molar-refractivity contribution in [1.29, 1.82) is 0 Å². The lowest BCUT2D eigenvalue weighted by Crippen LogP contribution is -2.31. The van der Waals surface area contributed by atoms with Gasteiger partial charge in [0.25, 0.3) is 0 Å². The highest BCUT2D eigenvalue weighted by Crippen LogP contribution is 2.29. The smallest absolute Gasteiger partial charge is 0.226 e. The first kappa shape index (κ1) is 16.0. The molecule has 0 aliphatic carbocycles. The zero-order chi connectivity index (χ0) is 15.6. The van der Waals surface area contributed by atoms with Gasteiger partial charge in [-0.25, -0.2) is 0 Å². The van der Waals surface area contributed by atoms with Crippen molar-refractivity contribution in [2.24, 2.45) is 17.6 Å². The van der Waals surface area contributed by atoms with Crippen molar-refractivity contribution in [3.05, 3.63) is 34.9 Å². The number of amides is 1. The van der Waals surface area contributed by atoms with Gasteiger partial charge < -0.3 is 10.6 Å². The molecule has 0 aromatic heterocycles. The van der Waals surface area contributed by atoms with Crippen LogP contribution in [0.1, 0.15) is 63.3 Å². The second kappa shape index (κ2) is 6.61. The first-order valence-corrected chi connectivity index (χ1v) is 8.13. The largest absolute Gasteiger partial charge is 0.334 e. The van der Waals surface area contributed by atoms with Gasteiger partial charge in [0.1, 0.15) is 0 Å². The standard InChI is InChI=1S/C18H28N2O/c1-5-13(6-2)18(21)20-10-15-8-7-14(9-16(15)11-20)17(19)12(3)4/h7-9,12-13,17H,5-6,10-11,19H2,1-4H3. The lowest BCUT2D eigenvalue weighted by atomic mass is 9.94. The van der Waals surface area contributed by atoms with E-state index in [1.54, 1.807) is 0 Å². The van der Waals surface area contributed by atoms with Crippen LogP contribution in [0.15, 0.2) is 18.2 Å². The van der Waals surface area contributed by atoms with Gasteiger partial charge in [0, 0.05) is 25.0 Å². The summed E-state index contributed by atoms with van der Waals surface area (Å²) in [6.07, 6.45) is 1.84. The normalized spacial score (nSPS) is 15.7.